The van der Waals surface area contributed by atoms with Crippen LogP contribution in [0.5, 0.6) is 5.75 Å². The molecular weight excluding hydrogens is 388 g/mol. The van der Waals surface area contributed by atoms with Crippen molar-refractivity contribution < 1.29 is 9.90 Å². The molecule has 2 amide bonds. The molecule has 2 aromatic heterocycles. The molecule has 4 rings (SSSR count). The molecule has 152 valence electrons. The third kappa shape index (κ3) is 5.01. The first-order chi connectivity index (χ1) is 14.1. The number of rotatable bonds is 5. The molecule has 3 aromatic rings. The molecule has 3 heterocycles. The average molecular weight is 413 g/mol. The minimum absolute atomic E-state index is 0.0305. The lowest BCUT2D eigenvalue weighted by Gasteiger charge is -2.32. The largest absolute Gasteiger partial charge is 0.508 e. The Morgan fingerprint density at radius 2 is 1.90 bits per heavy atom. The van der Waals surface area contributed by atoms with Gasteiger partial charge in [-0.1, -0.05) is 23.7 Å². The summed E-state index contributed by atoms with van der Waals surface area (Å²) in [5, 5.41) is 13.0. The summed E-state index contributed by atoms with van der Waals surface area (Å²) in [7, 11) is 0. The number of pyridine rings is 1. The summed E-state index contributed by atoms with van der Waals surface area (Å²) in [5.74, 6) is 0.941. The van der Waals surface area contributed by atoms with Gasteiger partial charge in [-0.05, 0) is 61.4 Å². The average Bonchev–Trinajstić information content (AvgIpc) is 3.14. The second kappa shape index (κ2) is 8.74. The number of carbonyl (C=O) groups excluding carboxylic acids is 1. The molecule has 0 radical (unpaired) electrons. The first-order valence-electron chi connectivity index (χ1n) is 10.0. The number of nitrogens with one attached hydrogen (secondary N) is 1. The molecule has 0 aliphatic carbocycles. The highest BCUT2D eigenvalue weighted by Gasteiger charge is 2.22. The van der Waals surface area contributed by atoms with E-state index < -0.39 is 0 Å². The van der Waals surface area contributed by atoms with E-state index in [1.165, 1.54) is 5.56 Å². The maximum atomic E-state index is 12.5. The SMILES string of the molecule is O=C(NCc1cn2cc(Cl)ccc2n1)N1CCC(CCc2ccc(O)cc2)CC1. The van der Waals surface area contributed by atoms with Gasteiger partial charge in [-0.15, -0.1) is 0 Å². The van der Waals surface area contributed by atoms with E-state index >= 15 is 0 Å². The molecule has 2 N–H and O–H groups in total. The molecule has 0 bridgehead atoms. The number of likely N-dealkylation sites (tertiary alicyclic amines) is 1. The Bertz CT molecular complexity index is 978. The van der Waals surface area contributed by atoms with Gasteiger partial charge in [0.05, 0.1) is 17.3 Å². The van der Waals surface area contributed by atoms with Crippen LogP contribution in [0.4, 0.5) is 4.79 Å². The predicted molar refractivity (Wildman–Crippen MR) is 113 cm³/mol. The van der Waals surface area contributed by atoms with E-state index in [0.29, 0.717) is 23.2 Å². The van der Waals surface area contributed by atoms with Gasteiger partial charge < -0.3 is 19.7 Å². The van der Waals surface area contributed by atoms with Crippen LogP contribution in [0.15, 0.2) is 48.8 Å². The number of aryl methyl sites for hydroxylation is 1. The summed E-state index contributed by atoms with van der Waals surface area (Å²) in [6, 6.07) is 11.1. The summed E-state index contributed by atoms with van der Waals surface area (Å²) in [6.07, 6.45) is 7.87. The molecule has 0 atom stereocenters. The molecule has 1 fully saturated rings. The van der Waals surface area contributed by atoms with Gasteiger partial charge >= 0.3 is 6.03 Å². The Labute approximate surface area is 175 Å². The molecule has 1 aliphatic rings. The van der Waals surface area contributed by atoms with E-state index in [-0.39, 0.29) is 6.03 Å². The topological polar surface area (TPSA) is 69.9 Å². The highest BCUT2D eigenvalue weighted by Crippen LogP contribution is 2.23. The van der Waals surface area contributed by atoms with Crippen LogP contribution in [0, 0.1) is 5.92 Å². The summed E-state index contributed by atoms with van der Waals surface area (Å²) in [6.45, 7) is 1.97. The molecule has 0 saturated carbocycles. The van der Waals surface area contributed by atoms with Gasteiger partial charge in [0.25, 0.3) is 0 Å². The van der Waals surface area contributed by atoms with E-state index in [1.54, 1.807) is 24.4 Å². The summed E-state index contributed by atoms with van der Waals surface area (Å²) < 4.78 is 1.86. The number of carbonyl (C=O) groups is 1. The number of piperidine rings is 1. The van der Waals surface area contributed by atoms with Gasteiger partial charge in [-0.2, -0.15) is 0 Å². The lowest BCUT2D eigenvalue weighted by molar-refractivity contribution is 0.167. The Morgan fingerprint density at radius 1 is 1.14 bits per heavy atom. The Balaban J connectivity index is 1.21. The number of phenols is 1. The number of halogens is 1. The normalized spacial score (nSPS) is 15.0. The zero-order valence-electron chi connectivity index (χ0n) is 16.2. The monoisotopic (exact) mass is 412 g/mol. The van der Waals surface area contributed by atoms with Crippen molar-refractivity contribution in [3.63, 3.8) is 0 Å². The number of phenolic OH excluding ortho intramolecular Hbond substituents is 1. The first kappa shape index (κ1) is 19.6. The van der Waals surface area contributed by atoms with Crippen LogP contribution in [0.1, 0.15) is 30.5 Å². The lowest BCUT2D eigenvalue weighted by atomic mass is 9.90. The van der Waals surface area contributed by atoms with Crippen molar-refractivity contribution in [3.8, 4) is 5.75 Å². The maximum Gasteiger partial charge on any atom is 0.317 e. The van der Waals surface area contributed by atoms with E-state index in [0.717, 1.165) is 50.1 Å². The van der Waals surface area contributed by atoms with Crippen molar-refractivity contribution in [2.45, 2.75) is 32.2 Å². The molecule has 6 nitrogen and oxygen atoms in total. The number of benzene rings is 1. The lowest BCUT2D eigenvalue weighted by Crippen LogP contribution is -2.44. The maximum absolute atomic E-state index is 12.5. The number of aromatic nitrogens is 2. The van der Waals surface area contributed by atoms with Crippen LogP contribution in [-0.4, -0.2) is 38.5 Å². The van der Waals surface area contributed by atoms with Gasteiger partial charge in [0.2, 0.25) is 0 Å². The Hall–Kier alpha value is -2.73. The highest BCUT2D eigenvalue weighted by atomic mass is 35.5. The van der Waals surface area contributed by atoms with Crippen molar-refractivity contribution in [1.29, 1.82) is 0 Å². The van der Waals surface area contributed by atoms with E-state index in [4.69, 9.17) is 11.6 Å². The highest BCUT2D eigenvalue weighted by molar-refractivity contribution is 6.30. The molecule has 0 unspecified atom stereocenters. The van der Waals surface area contributed by atoms with Gasteiger partial charge in [0.15, 0.2) is 0 Å². The number of hydrogen-bond acceptors (Lipinski definition) is 3. The van der Waals surface area contributed by atoms with Gasteiger partial charge in [-0.3, -0.25) is 0 Å². The van der Waals surface area contributed by atoms with Gasteiger partial charge in [-0.25, -0.2) is 9.78 Å². The van der Waals surface area contributed by atoms with Crippen molar-refractivity contribution in [2.75, 3.05) is 13.1 Å². The number of hydrogen-bond donors (Lipinski definition) is 2. The van der Waals surface area contributed by atoms with Crippen molar-refractivity contribution in [3.05, 3.63) is 65.1 Å². The quantitative estimate of drug-likeness (QED) is 0.658. The fourth-order valence-corrected chi connectivity index (χ4v) is 4.01. The second-order valence-electron chi connectivity index (χ2n) is 7.64. The number of urea groups is 1. The third-order valence-electron chi connectivity index (χ3n) is 5.56. The summed E-state index contributed by atoms with van der Waals surface area (Å²) in [5.41, 5.74) is 2.87. The fourth-order valence-electron chi connectivity index (χ4n) is 3.84. The van der Waals surface area contributed by atoms with E-state index in [9.17, 15) is 9.90 Å². The molecule has 1 saturated heterocycles. The molecule has 1 aromatic carbocycles. The van der Waals surface area contributed by atoms with E-state index in [1.807, 2.05) is 33.7 Å². The van der Waals surface area contributed by atoms with Crippen LogP contribution < -0.4 is 5.32 Å². The van der Waals surface area contributed by atoms with Crippen LogP contribution in [0.2, 0.25) is 5.02 Å². The number of aromatic hydroxyl groups is 1. The Kier molecular flexibility index (Phi) is 5.90. The van der Waals surface area contributed by atoms with Crippen LogP contribution in [-0.2, 0) is 13.0 Å². The number of amides is 2. The minimum Gasteiger partial charge on any atom is -0.508 e. The molecule has 7 heteroatoms. The van der Waals surface area contributed by atoms with E-state index in [2.05, 4.69) is 10.3 Å². The second-order valence-corrected chi connectivity index (χ2v) is 8.08. The van der Waals surface area contributed by atoms with Crippen molar-refractivity contribution >= 4 is 23.3 Å². The van der Waals surface area contributed by atoms with Crippen LogP contribution >= 0.6 is 11.6 Å². The number of imidazole rings is 1. The number of nitrogens with zero attached hydrogens (tertiary/aromatic N) is 3. The summed E-state index contributed by atoms with van der Waals surface area (Å²) >= 11 is 6.00. The van der Waals surface area contributed by atoms with Crippen LogP contribution in [0.3, 0.4) is 0 Å². The van der Waals surface area contributed by atoms with Crippen molar-refractivity contribution in [2.24, 2.45) is 5.92 Å². The third-order valence-corrected chi connectivity index (χ3v) is 5.79. The van der Waals surface area contributed by atoms with Crippen molar-refractivity contribution in [1.82, 2.24) is 19.6 Å². The molecule has 0 spiro atoms. The fraction of sp³-hybridized carbons (Fsp3) is 0.364. The Morgan fingerprint density at radius 3 is 2.66 bits per heavy atom. The smallest absolute Gasteiger partial charge is 0.317 e. The zero-order valence-corrected chi connectivity index (χ0v) is 17.0. The van der Waals surface area contributed by atoms with Gasteiger partial charge in [0, 0.05) is 25.5 Å². The standard InChI is InChI=1S/C22H25ClN4O2/c23-18-5-8-21-25-19(15-27(21)14-18)13-24-22(29)26-11-9-17(10-12-26)2-1-16-3-6-20(28)7-4-16/h3-8,14-15,17,28H,1-2,9-13H2,(H,24,29). The first-order valence-corrected chi connectivity index (χ1v) is 10.4. The molecular formula is C22H25ClN4O2. The molecule has 29 heavy (non-hydrogen) atoms. The summed E-state index contributed by atoms with van der Waals surface area (Å²) in [4.78, 5) is 18.9. The predicted octanol–water partition coefficient (Wildman–Crippen LogP) is 4.25. The minimum atomic E-state index is -0.0305. The zero-order chi connectivity index (χ0) is 20.2. The van der Waals surface area contributed by atoms with Crippen LogP contribution in [0.25, 0.3) is 5.65 Å². The number of fused-ring (bicyclic) bond motifs is 1. The van der Waals surface area contributed by atoms with Gasteiger partial charge in [0.1, 0.15) is 11.4 Å². The molecule has 1 aliphatic heterocycles.